The van der Waals surface area contributed by atoms with Gasteiger partial charge < -0.3 is 10.6 Å². The summed E-state index contributed by atoms with van der Waals surface area (Å²) in [6.07, 6.45) is -1.97. The standard InChI is InChI=1S/C13H13F3N2O/c14-13(15,16)10-3-1-2-9(8-10)12(19)18-11-4-6-17-7-5-11/h1-4,8,17H,5-7H2,(H,18,19). The minimum absolute atomic E-state index is 0.00857. The lowest BCUT2D eigenvalue weighted by molar-refractivity contribution is -0.137. The third-order valence-electron chi connectivity index (χ3n) is 2.79. The second-order valence-electron chi connectivity index (χ2n) is 4.22. The van der Waals surface area contributed by atoms with Crippen LogP contribution in [0.4, 0.5) is 13.2 Å². The van der Waals surface area contributed by atoms with E-state index in [4.69, 9.17) is 0 Å². The number of amides is 1. The van der Waals surface area contributed by atoms with Crippen LogP contribution in [0.2, 0.25) is 0 Å². The van der Waals surface area contributed by atoms with E-state index in [2.05, 4.69) is 10.6 Å². The van der Waals surface area contributed by atoms with Crippen molar-refractivity contribution in [2.45, 2.75) is 12.6 Å². The highest BCUT2D eigenvalue weighted by Gasteiger charge is 2.30. The molecule has 0 aromatic heterocycles. The van der Waals surface area contributed by atoms with E-state index in [-0.39, 0.29) is 5.56 Å². The van der Waals surface area contributed by atoms with Crippen LogP contribution in [0.25, 0.3) is 0 Å². The molecule has 0 radical (unpaired) electrons. The Morgan fingerprint density at radius 2 is 2.11 bits per heavy atom. The Kier molecular flexibility index (Phi) is 3.90. The number of carbonyl (C=O) groups excluding carboxylic acids is 1. The SMILES string of the molecule is O=C(NC1=CCNCC1)c1cccc(C(F)(F)F)c1. The molecular weight excluding hydrogens is 257 g/mol. The van der Waals surface area contributed by atoms with Gasteiger partial charge in [0.25, 0.3) is 5.91 Å². The summed E-state index contributed by atoms with van der Waals surface area (Å²) in [5.41, 5.74) is -0.0742. The van der Waals surface area contributed by atoms with E-state index in [0.29, 0.717) is 13.0 Å². The summed E-state index contributed by atoms with van der Waals surface area (Å²) in [5, 5.41) is 5.71. The maximum atomic E-state index is 12.5. The summed E-state index contributed by atoms with van der Waals surface area (Å²) in [6, 6.07) is 4.40. The van der Waals surface area contributed by atoms with Gasteiger partial charge in [-0.15, -0.1) is 0 Å². The van der Waals surface area contributed by atoms with E-state index in [1.54, 1.807) is 0 Å². The lowest BCUT2D eigenvalue weighted by Crippen LogP contribution is -2.30. The first-order valence-corrected chi connectivity index (χ1v) is 5.85. The summed E-state index contributed by atoms with van der Waals surface area (Å²) < 4.78 is 37.6. The van der Waals surface area contributed by atoms with Gasteiger partial charge in [-0.3, -0.25) is 4.79 Å². The van der Waals surface area contributed by atoms with Crippen LogP contribution in [0.3, 0.4) is 0 Å². The van der Waals surface area contributed by atoms with Gasteiger partial charge >= 0.3 is 6.18 Å². The Morgan fingerprint density at radius 1 is 1.32 bits per heavy atom. The molecular formula is C13H13F3N2O. The van der Waals surface area contributed by atoms with Crippen LogP contribution in [0.5, 0.6) is 0 Å². The van der Waals surface area contributed by atoms with Gasteiger partial charge in [-0.25, -0.2) is 0 Å². The zero-order chi connectivity index (χ0) is 13.9. The number of alkyl halides is 3. The fraction of sp³-hybridized carbons (Fsp3) is 0.308. The number of rotatable bonds is 2. The average Bonchev–Trinajstić information content (AvgIpc) is 2.39. The Balaban J connectivity index is 2.13. The molecule has 102 valence electrons. The van der Waals surface area contributed by atoms with E-state index in [1.807, 2.05) is 6.08 Å². The van der Waals surface area contributed by atoms with Crippen LogP contribution in [-0.2, 0) is 6.18 Å². The molecule has 1 aliphatic heterocycles. The Morgan fingerprint density at radius 3 is 2.74 bits per heavy atom. The zero-order valence-electron chi connectivity index (χ0n) is 10.1. The molecule has 2 N–H and O–H groups in total. The van der Waals surface area contributed by atoms with Gasteiger partial charge in [0, 0.05) is 24.4 Å². The van der Waals surface area contributed by atoms with Crippen molar-refractivity contribution < 1.29 is 18.0 Å². The highest BCUT2D eigenvalue weighted by Crippen LogP contribution is 2.29. The number of hydrogen-bond acceptors (Lipinski definition) is 2. The first-order valence-electron chi connectivity index (χ1n) is 5.85. The summed E-state index contributed by atoms with van der Waals surface area (Å²) in [7, 11) is 0. The van der Waals surface area contributed by atoms with E-state index >= 15 is 0 Å². The second-order valence-corrected chi connectivity index (χ2v) is 4.22. The maximum Gasteiger partial charge on any atom is 0.416 e. The molecule has 0 saturated heterocycles. The van der Waals surface area contributed by atoms with Crippen molar-refractivity contribution in [3.05, 3.63) is 47.2 Å². The predicted octanol–water partition coefficient (Wildman–Crippen LogP) is 2.31. The molecule has 1 aromatic carbocycles. The van der Waals surface area contributed by atoms with Gasteiger partial charge in [0.05, 0.1) is 5.56 Å². The smallest absolute Gasteiger partial charge is 0.326 e. The summed E-state index contributed by atoms with van der Waals surface area (Å²) in [5.74, 6) is -0.515. The molecule has 3 nitrogen and oxygen atoms in total. The lowest BCUT2D eigenvalue weighted by atomic mass is 10.1. The fourth-order valence-electron chi connectivity index (χ4n) is 1.79. The number of hydrogen-bond donors (Lipinski definition) is 2. The molecule has 1 aromatic rings. The lowest BCUT2D eigenvalue weighted by Gasteiger charge is -2.15. The van der Waals surface area contributed by atoms with Gasteiger partial charge in [0.2, 0.25) is 0 Å². The van der Waals surface area contributed by atoms with Crippen molar-refractivity contribution in [3.63, 3.8) is 0 Å². The van der Waals surface area contributed by atoms with Crippen LogP contribution in [0.1, 0.15) is 22.3 Å². The van der Waals surface area contributed by atoms with Crippen molar-refractivity contribution in [3.8, 4) is 0 Å². The molecule has 0 fully saturated rings. The van der Waals surface area contributed by atoms with Gasteiger partial charge in [0.1, 0.15) is 0 Å². The number of nitrogens with one attached hydrogen (secondary N) is 2. The number of carbonyl (C=O) groups is 1. The van der Waals surface area contributed by atoms with Crippen molar-refractivity contribution in [2.24, 2.45) is 0 Å². The molecule has 0 saturated carbocycles. The fourth-order valence-corrected chi connectivity index (χ4v) is 1.79. The molecule has 0 unspecified atom stereocenters. The van der Waals surface area contributed by atoms with Gasteiger partial charge in [-0.2, -0.15) is 13.2 Å². The van der Waals surface area contributed by atoms with Gasteiger partial charge in [0.15, 0.2) is 0 Å². The summed E-state index contributed by atoms with van der Waals surface area (Å²) >= 11 is 0. The molecule has 1 aliphatic rings. The Bertz CT molecular complexity index is 509. The van der Waals surface area contributed by atoms with Crippen molar-refractivity contribution in [1.82, 2.24) is 10.6 Å². The minimum atomic E-state index is -4.44. The number of halogens is 3. The third kappa shape index (κ3) is 3.57. The highest BCUT2D eigenvalue weighted by molar-refractivity contribution is 5.95. The van der Waals surface area contributed by atoms with Gasteiger partial charge in [-0.05, 0) is 24.6 Å². The molecule has 0 atom stereocenters. The summed E-state index contributed by atoms with van der Waals surface area (Å²) in [6.45, 7) is 1.40. The minimum Gasteiger partial charge on any atom is -0.326 e. The first-order chi connectivity index (χ1) is 8.97. The largest absolute Gasteiger partial charge is 0.416 e. The average molecular weight is 270 g/mol. The van der Waals surface area contributed by atoms with Crippen LogP contribution in [0, 0.1) is 0 Å². The molecule has 2 rings (SSSR count). The maximum absolute atomic E-state index is 12.5. The Hall–Kier alpha value is -1.82. The molecule has 1 amide bonds. The molecule has 0 aliphatic carbocycles. The molecule has 19 heavy (non-hydrogen) atoms. The van der Waals surface area contributed by atoms with E-state index in [9.17, 15) is 18.0 Å². The van der Waals surface area contributed by atoms with Gasteiger partial charge in [-0.1, -0.05) is 12.1 Å². The molecule has 0 bridgehead atoms. The quantitative estimate of drug-likeness (QED) is 0.866. The topological polar surface area (TPSA) is 41.1 Å². The van der Waals surface area contributed by atoms with Crippen molar-refractivity contribution >= 4 is 5.91 Å². The van der Waals surface area contributed by atoms with Crippen LogP contribution in [0.15, 0.2) is 36.0 Å². The van der Waals surface area contributed by atoms with Crippen LogP contribution in [-0.4, -0.2) is 19.0 Å². The van der Waals surface area contributed by atoms with E-state index in [0.717, 1.165) is 24.4 Å². The predicted molar refractivity (Wildman–Crippen MR) is 64.5 cm³/mol. The van der Waals surface area contributed by atoms with E-state index in [1.165, 1.54) is 12.1 Å². The van der Waals surface area contributed by atoms with Crippen molar-refractivity contribution in [1.29, 1.82) is 0 Å². The zero-order valence-corrected chi connectivity index (χ0v) is 10.1. The van der Waals surface area contributed by atoms with E-state index < -0.39 is 17.6 Å². The highest BCUT2D eigenvalue weighted by atomic mass is 19.4. The van der Waals surface area contributed by atoms with Crippen LogP contribution >= 0.6 is 0 Å². The molecule has 0 spiro atoms. The first kappa shape index (κ1) is 13.6. The summed E-state index contributed by atoms with van der Waals surface area (Å²) in [4.78, 5) is 11.9. The molecule has 1 heterocycles. The van der Waals surface area contributed by atoms with Crippen LogP contribution < -0.4 is 10.6 Å². The van der Waals surface area contributed by atoms with Crippen molar-refractivity contribution in [2.75, 3.05) is 13.1 Å². The molecule has 6 heteroatoms. The monoisotopic (exact) mass is 270 g/mol. The normalized spacial score (nSPS) is 15.8. The third-order valence-corrected chi connectivity index (χ3v) is 2.79. The Labute approximate surface area is 108 Å². The number of benzene rings is 1. The second kappa shape index (κ2) is 5.44.